The number of thiazole rings is 1. The lowest BCUT2D eigenvalue weighted by Crippen LogP contribution is -2.37. The first-order valence-corrected chi connectivity index (χ1v) is 11.2. The van der Waals surface area contributed by atoms with Gasteiger partial charge < -0.3 is 24.8 Å². The molecule has 2 N–H and O–H groups in total. The molecule has 0 unspecified atom stereocenters. The van der Waals surface area contributed by atoms with Gasteiger partial charge in [-0.25, -0.2) is 4.98 Å². The van der Waals surface area contributed by atoms with Crippen molar-refractivity contribution in [3.63, 3.8) is 0 Å². The number of ether oxygens (including phenoxy) is 3. The number of aromatic nitrogens is 1. The van der Waals surface area contributed by atoms with Gasteiger partial charge in [0.05, 0.1) is 38.6 Å². The Morgan fingerprint density at radius 2 is 1.74 bits per heavy atom. The molecule has 3 rings (SSSR count). The number of amides is 2. The third-order valence-corrected chi connectivity index (χ3v) is 6.33. The van der Waals surface area contributed by atoms with E-state index in [1.807, 2.05) is 0 Å². The van der Waals surface area contributed by atoms with Gasteiger partial charge in [0.25, 0.3) is 5.91 Å². The van der Waals surface area contributed by atoms with Crippen molar-refractivity contribution in [2.45, 2.75) is 38.5 Å². The van der Waals surface area contributed by atoms with Gasteiger partial charge in [0.15, 0.2) is 11.5 Å². The van der Waals surface area contributed by atoms with Gasteiger partial charge in [-0.05, 0) is 44.2 Å². The van der Waals surface area contributed by atoms with E-state index in [-0.39, 0.29) is 12.5 Å². The summed E-state index contributed by atoms with van der Waals surface area (Å²) in [6, 6.07) is 3.09. The lowest BCUT2D eigenvalue weighted by atomic mass is 10.0. The Morgan fingerprint density at radius 1 is 1.03 bits per heavy atom. The second-order valence-corrected chi connectivity index (χ2v) is 8.40. The fourth-order valence-electron chi connectivity index (χ4n) is 3.52. The summed E-state index contributed by atoms with van der Waals surface area (Å²) >= 11 is 1.80. The second kappa shape index (κ2) is 11.0. The highest BCUT2D eigenvalue weighted by atomic mass is 32.1. The number of carbonyl (C=O) groups is 2. The van der Waals surface area contributed by atoms with Crippen LogP contribution in [0.3, 0.4) is 0 Å². The van der Waals surface area contributed by atoms with Crippen LogP contribution >= 0.6 is 11.3 Å². The molecule has 8 nitrogen and oxygen atoms in total. The fraction of sp³-hybridized carbons (Fsp3) is 0.500. The molecule has 0 bridgehead atoms. The molecule has 1 aliphatic rings. The van der Waals surface area contributed by atoms with E-state index in [9.17, 15) is 9.59 Å². The third kappa shape index (κ3) is 5.88. The van der Waals surface area contributed by atoms with Crippen molar-refractivity contribution in [3.05, 3.63) is 33.3 Å². The van der Waals surface area contributed by atoms with Gasteiger partial charge >= 0.3 is 0 Å². The number of hydrogen-bond donors (Lipinski definition) is 2. The van der Waals surface area contributed by atoms with E-state index in [0.29, 0.717) is 29.4 Å². The highest BCUT2D eigenvalue weighted by Gasteiger charge is 2.18. The van der Waals surface area contributed by atoms with Crippen LogP contribution in [0, 0.1) is 0 Å². The summed E-state index contributed by atoms with van der Waals surface area (Å²) in [6.07, 6.45) is 6.40. The van der Waals surface area contributed by atoms with Crippen LogP contribution in [0.2, 0.25) is 0 Å². The monoisotopic (exact) mass is 447 g/mol. The standard InChI is InChI=1S/C22H29N3O5S/c1-28-16-11-14(12-17(29-2)21(16)30-3)22(27)24-13-19(26)23-10-6-9-20-25-15-7-4-5-8-18(15)31-20/h11-12H,4-10,13H2,1-3H3,(H,23,26)(H,24,27). The maximum absolute atomic E-state index is 12.4. The molecule has 0 fully saturated rings. The Kier molecular flexibility index (Phi) is 8.11. The molecule has 1 aromatic carbocycles. The third-order valence-electron chi connectivity index (χ3n) is 5.12. The van der Waals surface area contributed by atoms with E-state index in [0.717, 1.165) is 30.7 Å². The number of fused-ring (bicyclic) bond motifs is 1. The van der Waals surface area contributed by atoms with Crippen LogP contribution in [0.5, 0.6) is 17.2 Å². The number of methoxy groups -OCH3 is 3. The molecule has 0 saturated carbocycles. The van der Waals surface area contributed by atoms with Crippen LogP contribution in [-0.2, 0) is 24.1 Å². The van der Waals surface area contributed by atoms with E-state index in [1.54, 1.807) is 23.5 Å². The van der Waals surface area contributed by atoms with Crippen LogP contribution < -0.4 is 24.8 Å². The van der Waals surface area contributed by atoms with Crippen molar-refractivity contribution in [1.29, 1.82) is 0 Å². The molecule has 0 saturated heterocycles. The van der Waals surface area contributed by atoms with Crippen LogP contribution in [-0.4, -0.2) is 51.2 Å². The van der Waals surface area contributed by atoms with Gasteiger partial charge in [0.1, 0.15) is 0 Å². The summed E-state index contributed by atoms with van der Waals surface area (Å²) in [5.74, 6) is 0.517. The van der Waals surface area contributed by atoms with E-state index >= 15 is 0 Å². The highest BCUT2D eigenvalue weighted by molar-refractivity contribution is 7.11. The smallest absolute Gasteiger partial charge is 0.251 e. The Balaban J connectivity index is 1.43. The average Bonchev–Trinajstić information content (AvgIpc) is 3.22. The second-order valence-electron chi connectivity index (χ2n) is 7.23. The first-order valence-electron chi connectivity index (χ1n) is 10.4. The van der Waals surface area contributed by atoms with Crippen molar-refractivity contribution in [3.8, 4) is 17.2 Å². The van der Waals surface area contributed by atoms with Crippen molar-refractivity contribution < 1.29 is 23.8 Å². The summed E-state index contributed by atoms with van der Waals surface area (Å²) < 4.78 is 15.8. The summed E-state index contributed by atoms with van der Waals surface area (Å²) in [5.41, 5.74) is 1.58. The largest absolute Gasteiger partial charge is 0.493 e. The summed E-state index contributed by atoms with van der Waals surface area (Å²) in [7, 11) is 4.45. The lowest BCUT2D eigenvalue weighted by Gasteiger charge is -2.14. The van der Waals surface area contributed by atoms with Crippen LogP contribution in [0.1, 0.15) is 45.2 Å². The Labute approximate surface area is 186 Å². The predicted octanol–water partition coefficient (Wildman–Crippen LogP) is 2.53. The van der Waals surface area contributed by atoms with Gasteiger partial charge in [-0.15, -0.1) is 11.3 Å². The van der Waals surface area contributed by atoms with Gasteiger partial charge in [0, 0.05) is 23.4 Å². The summed E-state index contributed by atoms with van der Waals surface area (Å²) in [4.78, 5) is 30.7. The van der Waals surface area contributed by atoms with Crippen molar-refractivity contribution in [2.24, 2.45) is 0 Å². The zero-order valence-electron chi connectivity index (χ0n) is 18.2. The van der Waals surface area contributed by atoms with Gasteiger partial charge in [-0.3, -0.25) is 9.59 Å². The fourth-order valence-corrected chi connectivity index (χ4v) is 4.72. The summed E-state index contributed by atoms with van der Waals surface area (Å²) in [6.45, 7) is 0.435. The number of benzene rings is 1. The molecular formula is C22H29N3O5S. The summed E-state index contributed by atoms with van der Waals surface area (Å²) in [5, 5.41) is 6.61. The molecule has 9 heteroatoms. The molecule has 2 amide bonds. The van der Waals surface area contributed by atoms with Crippen molar-refractivity contribution in [1.82, 2.24) is 15.6 Å². The molecule has 168 valence electrons. The zero-order valence-corrected chi connectivity index (χ0v) is 19.0. The number of nitrogens with one attached hydrogen (secondary N) is 2. The van der Waals surface area contributed by atoms with Gasteiger partial charge in [-0.2, -0.15) is 0 Å². The zero-order chi connectivity index (χ0) is 22.2. The predicted molar refractivity (Wildman–Crippen MR) is 119 cm³/mol. The lowest BCUT2D eigenvalue weighted by molar-refractivity contribution is -0.120. The minimum absolute atomic E-state index is 0.110. The number of carbonyl (C=O) groups excluding carboxylic acids is 2. The van der Waals surface area contributed by atoms with Crippen LogP contribution in [0.4, 0.5) is 0 Å². The SMILES string of the molecule is COc1cc(C(=O)NCC(=O)NCCCc2nc3c(s2)CCCC3)cc(OC)c1OC. The first kappa shape index (κ1) is 22.9. The number of hydrogen-bond acceptors (Lipinski definition) is 7. The molecule has 1 heterocycles. The molecule has 31 heavy (non-hydrogen) atoms. The maximum Gasteiger partial charge on any atom is 0.251 e. The van der Waals surface area contributed by atoms with Gasteiger partial charge in [-0.1, -0.05) is 0 Å². The number of rotatable bonds is 10. The minimum atomic E-state index is -0.400. The molecule has 0 radical (unpaired) electrons. The molecule has 1 aromatic heterocycles. The van der Waals surface area contributed by atoms with Crippen LogP contribution in [0.15, 0.2) is 12.1 Å². The topological polar surface area (TPSA) is 98.8 Å². The molecule has 0 aliphatic heterocycles. The van der Waals surface area contributed by atoms with E-state index in [1.165, 1.54) is 44.7 Å². The molecule has 1 aliphatic carbocycles. The quantitative estimate of drug-likeness (QED) is 0.543. The Morgan fingerprint density at radius 3 is 2.39 bits per heavy atom. The molecular weight excluding hydrogens is 418 g/mol. The normalized spacial score (nSPS) is 12.6. The van der Waals surface area contributed by atoms with Crippen molar-refractivity contribution >= 4 is 23.2 Å². The maximum atomic E-state index is 12.4. The van der Waals surface area contributed by atoms with E-state index in [4.69, 9.17) is 19.2 Å². The Bertz CT molecular complexity index is 879. The Hall–Kier alpha value is -2.81. The number of aryl methyl sites for hydroxylation is 3. The van der Waals surface area contributed by atoms with Crippen LogP contribution in [0.25, 0.3) is 0 Å². The van der Waals surface area contributed by atoms with E-state index < -0.39 is 5.91 Å². The average molecular weight is 448 g/mol. The molecule has 0 atom stereocenters. The molecule has 0 spiro atoms. The van der Waals surface area contributed by atoms with Crippen molar-refractivity contribution in [2.75, 3.05) is 34.4 Å². The first-order chi connectivity index (χ1) is 15.0. The molecule has 2 aromatic rings. The number of nitrogens with zero attached hydrogens (tertiary/aromatic N) is 1. The van der Waals surface area contributed by atoms with E-state index in [2.05, 4.69) is 10.6 Å². The minimum Gasteiger partial charge on any atom is -0.493 e. The van der Waals surface area contributed by atoms with Gasteiger partial charge in [0.2, 0.25) is 11.7 Å². The highest BCUT2D eigenvalue weighted by Crippen LogP contribution is 2.38.